The maximum absolute atomic E-state index is 5.77. The van der Waals surface area contributed by atoms with Crippen LogP contribution in [-0.4, -0.2) is 39.9 Å². The van der Waals surface area contributed by atoms with E-state index < -0.39 is 19.6 Å². The minimum atomic E-state index is -1.54. The van der Waals surface area contributed by atoms with E-state index in [-0.39, 0.29) is 13.2 Å². The molecule has 27 heavy (non-hydrogen) atoms. The molecule has 0 saturated heterocycles. The van der Waals surface area contributed by atoms with Crippen molar-refractivity contribution in [2.24, 2.45) is 5.92 Å². The van der Waals surface area contributed by atoms with Gasteiger partial charge in [-0.25, -0.2) is 0 Å². The van der Waals surface area contributed by atoms with Crippen LogP contribution in [0.15, 0.2) is 11.3 Å². The van der Waals surface area contributed by atoms with Crippen LogP contribution in [0.5, 0.6) is 0 Å². The van der Waals surface area contributed by atoms with Gasteiger partial charge < -0.3 is 19.5 Å². The van der Waals surface area contributed by atoms with Crippen molar-refractivity contribution < 1.29 is 14.2 Å². The number of hydrogen-bond acceptors (Lipinski definition) is 4. The number of halogens is 6. The predicted molar refractivity (Wildman–Crippen MR) is 115 cm³/mol. The van der Waals surface area contributed by atoms with Crippen LogP contribution in [0.25, 0.3) is 0 Å². The minimum Gasteiger partial charge on any atom is -0.361 e. The van der Waals surface area contributed by atoms with Gasteiger partial charge in [-0.15, -0.1) is 0 Å². The van der Waals surface area contributed by atoms with Crippen LogP contribution in [-0.2, 0) is 14.2 Å². The van der Waals surface area contributed by atoms with Gasteiger partial charge in [-0.05, 0) is 44.6 Å². The fraction of sp³-hybridized carbons (Fsp3) is 0.882. The lowest BCUT2D eigenvalue weighted by Gasteiger charge is -2.28. The summed E-state index contributed by atoms with van der Waals surface area (Å²) >= 11 is 34.6. The van der Waals surface area contributed by atoms with E-state index in [1.807, 2.05) is 13.8 Å². The van der Waals surface area contributed by atoms with Gasteiger partial charge in [0.25, 0.3) is 0 Å². The van der Waals surface area contributed by atoms with Crippen molar-refractivity contribution in [3.05, 3.63) is 11.3 Å². The molecule has 1 aliphatic rings. The van der Waals surface area contributed by atoms with Gasteiger partial charge >= 0.3 is 0 Å². The highest BCUT2D eigenvalue weighted by Gasteiger charge is 2.29. The molecular weight excluding hydrogens is 479 g/mol. The van der Waals surface area contributed by atoms with Crippen molar-refractivity contribution in [2.75, 3.05) is 20.3 Å². The third kappa shape index (κ3) is 11.2. The first-order valence-corrected chi connectivity index (χ1v) is 10.9. The molecule has 0 saturated carbocycles. The van der Waals surface area contributed by atoms with Crippen LogP contribution in [0.2, 0.25) is 0 Å². The Morgan fingerprint density at radius 3 is 2.00 bits per heavy atom. The van der Waals surface area contributed by atoms with Crippen LogP contribution in [0.1, 0.15) is 46.5 Å². The Labute approximate surface area is 192 Å². The van der Waals surface area contributed by atoms with E-state index in [1.54, 1.807) is 7.11 Å². The maximum atomic E-state index is 5.77. The molecular formula is C17H27Cl6NO3. The van der Waals surface area contributed by atoms with Crippen LogP contribution in [0, 0.1) is 5.92 Å². The SMILES string of the molecule is COC(C)(C)NC1=C(CCC(OCC(Cl)(Cl)Cl)OCC(Cl)(Cl)Cl)C(C)CC1. The molecule has 0 heterocycles. The van der Waals surface area contributed by atoms with E-state index in [0.29, 0.717) is 12.3 Å². The molecule has 0 fully saturated rings. The second kappa shape index (κ2) is 11.0. The van der Waals surface area contributed by atoms with Crippen LogP contribution >= 0.6 is 69.6 Å². The van der Waals surface area contributed by atoms with E-state index in [2.05, 4.69) is 12.2 Å². The standard InChI is InChI=1S/C17H27Cl6NO3/c1-11-5-7-13(24-15(2,3)25-4)12(11)6-8-14(26-9-16(18,19)20)27-10-17(21,22)23/h11,14,24H,5-10H2,1-4H3. The fourth-order valence-corrected chi connectivity index (χ4v) is 3.19. The average Bonchev–Trinajstić information content (AvgIpc) is 2.84. The predicted octanol–water partition coefficient (Wildman–Crippen LogP) is 6.52. The number of rotatable bonds is 10. The van der Waals surface area contributed by atoms with Crippen molar-refractivity contribution in [1.29, 1.82) is 0 Å². The maximum Gasteiger partial charge on any atom is 0.213 e. The highest BCUT2D eigenvalue weighted by molar-refractivity contribution is 6.68. The van der Waals surface area contributed by atoms with Crippen LogP contribution < -0.4 is 5.32 Å². The molecule has 10 heteroatoms. The summed E-state index contributed by atoms with van der Waals surface area (Å²) in [6.07, 6.45) is 2.67. The highest BCUT2D eigenvalue weighted by Crippen LogP contribution is 2.36. The monoisotopic (exact) mass is 503 g/mol. The van der Waals surface area contributed by atoms with Gasteiger partial charge in [-0.1, -0.05) is 76.5 Å². The zero-order chi connectivity index (χ0) is 20.9. The highest BCUT2D eigenvalue weighted by atomic mass is 35.6. The summed E-state index contributed by atoms with van der Waals surface area (Å²) in [5.74, 6) is 0.446. The lowest BCUT2D eigenvalue weighted by atomic mass is 9.99. The summed E-state index contributed by atoms with van der Waals surface area (Å²) < 4.78 is 13.6. The number of allylic oxidation sites excluding steroid dienone is 2. The molecule has 0 aromatic rings. The van der Waals surface area contributed by atoms with Gasteiger partial charge in [0.2, 0.25) is 7.59 Å². The number of ether oxygens (including phenoxy) is 3. The third-order valence-electron chi connectivity index (χ3n) is 4.29. The van der Waals surface area contributed by atoms with Crippen molar-refractivity contribution in [3.8, 4) is 0 Å². The largest absolute Gasteiger partial charge is 0.361 e. The summed E-state index contributed by atoms with van der Waals surface area (Å²) in [5.41, 5.74) is 2.05. The lowest BCUT2D eigenvalue weighted by molar-refractivity contribution is -0.143. The van der Waals surface area contributed by atoms with E-state index >= 15 is 0 Å². The van der Waals surface area contributed by atoms with Gasteiger partial charge in [0.05, 0.1) is 13.2 Å². The number of methoxy groups -OCH3 is 1. The van der Waals surface area contributed by atoms with E-state index in [4.69, 9.17) is 83.8 Å². The molecule has 0 radical (unpaired) electrons. The topological polar surface area (TPSA) is 39.7 Å². The second-order valence-corrected chi connectivity index (χ2v) is 12.1. The summed E-state index contributed by atoms with van der Waals surface area (Å²) in [6, 6.07) is 0. The van der Waals surface area contributed by atoms with Gasteiger partial charge in [0.15, 0.2) is 6.29 Å². The molecule has 1 N–H and O–H groups in total. The van der Waals surface area contributed by atoms with E-state index in [0.717, 1.165) is 19.3 Å². The molecule has 0 aliphatic heterocycles. The summed E-state index contributed by atoms with van der Waals surface area (Å²) in [7, 11) is 1.68. The Balaban J connectivity index is 2.77. The minimum absolute atomic E-state index is 0.126. The van der Waals surface area contributed by atoms with Crippen LogP contribution in [0.3, 0.4) is 0 Å². The summed E-state index contributed by atoms with van der Waals surface area (Å²) in [4.78, 5) is 0. The van der Waals surface area contributed by atoms with Crippen molar-refractivity contribution in [2.45, 2.75) is 66.1 Å². The molecule has 1 unspecified atom stereocenters. The first kappa shape index (κ1) is 26.2. The molecule has 0 aromatic carbocycles. The molecule has 1 atom stereocenters. The number of nitrogens with one attached hydrogen (secondary N) is 1. The molecule has 0 amide bonds. The zero-order valence-electron chi connectivity index (χ0n) is 15.9. The Morgan fingerprint density at radius 2 is 1.56 bits per heavy atom. The second-order valence-electron chi connectivity index (χ2n) is 7.10. The van der Waals surface area contributed by atoms with Gasteiger partial charge in [0, 0.05) is 19.2 Å². The van der Waals surface area contributed by atoms with Crippen molar-refractivity contribution in [3.63, 3.8) is 0 Å². The Morgan fingerprint density at radius 1 is 1.04 bits per heavy atom. The van der Waals surface area contributed by atoms with Crippen LogP contribution in [0.4, 0.5) is 0 Å². The Hall–Kier alpha value is 1.16. The van der Waals surface area contributed by atoms with Gasteiger partial charge in [0.1, 0.15) is 5.72 Å². The molecule has 1 rings (SSSR count). The van der Waals surface area contributed by atoms with E-state index in [1.165, 1.54) is 11.3 Å². The third-order valence-corrected chi connectivity index (χ3v) is 4.94. The Kier molecular flexibility index (Phi) is 10.6. The first-order chi connectivity index (χ1) is 12.2. The average molecular weight is 506 g/mol. The Bertz CT molecular complexity index is 484. The normalized spacial score (nSPS) is 19.3. The van der Waals surface area contributed by atoms with Gasteiger partial charge in [-0.2, -0.15) is 0 Å². The first-order valence-electron chi connectivity index (χ1n) is 8.64. The molecule has 4 nitrogen and oxygen atoms in total. The number of alkyl halides is 6. The van der Waals surface area contributed by atoms with Crippen molar-refractivity contribution >= 4 is 69.6 Å². The fourth-order valence-electron chi connectivity index (χ4n) is 2.81. The molecule has 1 aliphatic carbocycles. The smallest absolute Gasteiger partial charge is 0.213 e. The van der Waals surface area contributed by atoms with E-state index in [9.17, 15) is 0 Å². The molecule has 0 spiro atoms. The number of hydrogen-bond donors (Lipinski definition) is 1. The molecule has 0 bridgehead atoms. The van der Waals surface area contributed by atoms with Gasteiger partial charge in [-0.3, -0.25) is 0 Å². The molecule has 160 valence electrons. The summed E-state index contributed by atoms with van der Waals surface area (Å²) in [6.45, 7) is 5.91. The quantitative estimate of drug-likeness (QED) is 0.271. The van der Waals surface area contributed by atoms with Crippen molar-refractivity contribution in [1.82, 2.24) is 5.32 Å². The zero-order valence-corrected chi connectivity index (χ0v) is 20.4. The lowest BCUT2D eigenvalue weighted by Crippen LogP contribution is -2.40. The molecule has 0 aromatic heterocycles. The summed E-state index contributed by atoms with van der Waals surface area (Å²) in [5, 5.41) is 3.47.